The van der Waals surface area contributed by atoms with E-state index in [2.05, 4.69) is 69.4 Å². The van der Waals surface area contributed by atoms with Crippen molar-refractivity contribution in [1.82, 2.24) is 5.32 Å². The number of methoxy groups -OCH3 is 1. The van der Waals surface area contributed by atoms with Gasteiger partial charge < -0.3 is 19.2 Å². The molecule has 3 unspecified atom stereocenters. The minimum atomic E-state index is -2.99. The molecule has 1 N–H and O–H groups in total. The smallest absolute Gasteiger partial charge is 0.408 e. The number of benzene rings is 2. The fourth-order valence-corrected chi connectivity index (χ4v) is 9.30. The van der Waals surface area contributed by atoms with Crippen molar-refractivity contribution in [2.75, 3.05) is 7.11 Å². The van der Waals surface area contributed by atoms with Crippen LogP contribution in [0.4, 0.5) is 4.79 Å². The summed E-state index contributed by atoms with van der Waals surface area (Å²) in [7, 11) is -1.69. The average Bonchev–Trinajstić information content (AvgIpc) is 2.79. The molecule has 36 heavy (non-hydrogen) atoms. The van der Waals surface area contributed by atoms with Gasteiger partial charge in [-0.15, -0.1) is 0 Å². The normalized spacial score (nSPS) is 15.4. The Kier molecular flexibility index (Phi) is 9.91. The van der Waals surface area contributed by atoms with Gasteiger partial charge in [0.1, 0.15) is 5.60 Å². The Labute approximate surface area is 217 Å². The molecule has 0 aliphatic rings. The van der Waals surface area contributed by atoms with Crippen molar-refractivity contribution in [3.05, 3.63) is 60.2 Å². The first-order valence-corrected chi connectivity index (χ1v) is 14.6. The third-order valence-corrected chi connectivity index (χ3v) is 11.2. The van der Waals surface area contributed by atoms with E-state index in [-0.39, 0.29) is 5.04 Å². The maximum Gasteiger partial charge on any atom is 0.408 e. The van der Waals surface area contributed by atoms with E-state index in [1.807, 2.05) is 25.1 Å². The molecule has 0 heterocycles. The van der Waals surface area contributed by atoms with Crippen LogP contribution in [-0.4, -0.2) is 45.2 Å². The third-order valence-electron chi connectivity index (χ3n) is 6.07. The standard InChI is InChI=1S/C29H43NO5Si/c1-10-15-22-16-14-19-24(20-22)36(29(6,7)8,23-17-12-11-13-18-23)35-21(2)25(26(31)33-9)30-27(32)34-28(3,4)5/h11-14,16-21,25H,10,15H2,1-9H3,(H,30,32). The number of aryl methyl sites for hydroxylation is 1. The number of hydrogen-bond donors (Lipinski definition) is 1. The van der Waals surface area contributed by atoms with Crippen molar-refractivity contribution in [2.45, 2.75) is 91.0 Å². The summed E-state index contributed by atoms with van der Waals surface area (Å²) in [6.45, 7) is 15.8. The number of ether oxygens (including phenoxy) is 2. The van der Waals surface area contributed by atoms with Gasteiger partial charge in [-0.05, 0) is 55.1 Å². The van der Waals surface area contributed by atoms with E-state index in [1.165, 1.54) is 12.7 Å². The number of alkyl carbamates (subject to hydrolysis) is 1. The van der Waals surface area contributed by atoms with Crippen LogP contribution in [0.5, 0.6) is 0 Å². The molecule has 0 bridgehead atoms. The second kappa shape index (κ2) is 12.1. The van der Waals surface area contributed by atoms with Gasteiger partial charge in [0.25, 0.3) is 8.32 Å². The van der Waals surface area contributed by atoms with Gasteiger partial charge in [-0.1, -0.05) is 88.7 Å². The molecule has 2 aromatic carbocycles. The number of amides is 1. The molecule has 0 radical (unpaired) electrons. The van der Waals surface area contributed by atoms with E-state index < -0.39 is 38.1 Å². The Hall–Kier alpha value is -2.64. The van der Waals surface area contributed by atoms with Gasteiger partial charge in [-0.25, -0.2) is 9.59 Å². The Bertz CT molecular complexity index is 1010. The summed E-state index contributed by atoms with van der Waals surface area (Å²) in [6, 6.07) is 17.8. The van der Waals surface area contributed by atoms with Gasteiger partial charge in [-0.3, -0.25) is 0 Å². The monoisotopic (exact) mass is 513 g/mol. The molecule has 2 rings (SSSR count). The van der Waals surface area contributed by atoms with Gasteiger partial charge in [0.15, 0.2) is 6.04 Å². The molecule has 6 nitrogen and oxygen atoms in total. The number of hydrogen-bond acceptors (Lipinski definition) is 5. The first-order valence-electron chi connectivity index (χ1n) is 12.6. The van der Waals surface area contributed by atoms with Crippen molar-refractivity contribution < 1.29 is 23.5 Å². The molecule has 7 heteroatoms. The number of carbonyl (C=O) groups is 2. The third kappa shape index (κ3) is 7.20. The molecular formula is C29H43NO5Si. The van der Waals surface area contributed by atoms with Gasteiger partial charge >= 0.3 is 12.1 Å². The highest BCUT2D eigenvalue weighted by molar-refractivity contribution is 6.99. The molecule has 1 amide bonds. The number of carbonyl (C=O) groups excluding carboxylic acids is 2. The maximum absolute atomic E-state index is 12.8. The molecule has 0 saturated carbocycles. The quantitative estimate of drug-likeness (QED) is 0.379. The number of rotatable bonds is 9. The first kappa shape index (κ1) is 29.6. The second-order valence-corrected chi connectivity index (χ2v) is 15.5. The van der Waals surface area contributed by atoms with Crippen LogP contribution in [0.25, 0.3) is 0 Å². The zero-order valence-electron chi connectivity index (χ0n) is 23.3. The molecule has 0 saturated heterocycles. The zero-order valence-corrected chi connectivity index (χ0v) is 24.3. The molecule has 0 aliphatic carbocycles. The van der Waals surface area contributed by atoms with Gasteiger partial charge in [-0.2, -0.15) is 0 Å². The van der Waals surface area contributed by atoms with E-state index in [9.17, 15) is 9.59 Å². The van der Waals surface area contributed by atoms with Crippen LogP contribution >= 0.6 is 0 Å². The van der Waals surface area contributed by atoms with Crippen molar-refractivity contribution in [3.8, 4) is 0 Å². The summed E-state index contributed by atoms with van der Waals surface area (Å²) in [5.41, 5.74) is 0.544. The lowest BCUT2D eigenvalue weighted by Gasteiger charge is -2.45. The summed E-state index contributed by atoms with van der Waals surface area (Å²) in [5, 5.41) is 4.62. The van der Waals surface area contributed by atoms with Gasteiger partial charge in [0.2, 0.25) is 0 Å². The van der Waals surface area contributed by atoms with Gasteiger partial charge in [0, 0.05) is 0 Å². The molecule has 198 valence electrons. The largest absolute Gasteiger partial charge is 0.467 e. The van der Waals surface area contributed by atoms with Crippen molar-refractivity contribution in [3.63, 3.8) is 0 Å². The lowest BCUT2D eigenvalue weighted by atomic mass is 10.1. The number of esters is 1. The summed E-state index contributed by atoms with van der Waals surface area (Å²) in [6.07, 6.45) is 0.630. The maximum atomic E-state index is 12.8. The Morgan fingerprint density at radius 1 is 0.944 bits per heavy atom. The summed E-state index contributed by atoms with van der Waals surface area (Å²) < 4.78 is 17.6. The van der Waals surface area contributed by atoms with E-state index >= 15 is 0 Å². The molecule has 0 spiro atoms. The summed E-state index contributed by atoms with van der Waals surface area (Å²) in [4.78, 5) is 25.5. The van der Waals surface area contributed by atoms with Crippen molar-refractivity contribution in [1.29, 1.82) is 0 Å². The average molecular weight is 514 g/mol. The highest BCUT2D eigenvalue weighted by Crippen LogP contribution is 2.38. The van der Waals surface area contributed by atoms with Crippen LogP contribution in [0, 0.1) is 0 Å². The van der Waals surface area contributed by atoms with Crippen LogP contribution < -0.4 is 15.7 Å². The number of nitrogens with one attached hydrogen (secondary N) is 1. The Balaban J connectivity index is 2.64. The van der Waals surface area contributed by atoms with Crippen LogP contribution in [0.1, 0.15) is 67.4 Å². The summed E-state index contributed by atoms with van der Waals surface area (Å²) in [5.74, 6) is -0.585. The lowest BCUT2D eigenvalue weighted by Crippen LogP contribution is -2.69. The van der Waals surface area contributed by atoms with Crippen molar-refractivity contribution in [2.24, 2.45) is 0 Å². The minimum Gasteiger partial charge on any atom is -0.467 e. The molecule has 2 aromatic rings. The highest BCUT2D eigenvalue weighted by atomic mass is 28.4. The van der Waals surface area contributed by atoms with E-state index in [1.54, 1.807) is 20.8 Å². The van der Waals surface area contributed by atoms with E-state index in [0.29, 0.717) is 0 Å². The van der Waals surface area contributed by atoms with Crippen LogP contribution in [0.3, 0.4) is 0 Å². The Morgan fingerprint density at radius 3 is 2.08 bits per heavy atom. The second-order valence-electron chi connectivity index (χ2n) is 11.2. The summed E-state index contributed by atoms with van der Waals surface area (Å²) >= 11 is 0. The Morgan fingerprint density at radius 2 is 1.56 bits per heavy atom. The minimum absolute atomic E-state index is 0.292. The topological polar surface area (TPSA) is 73.9 Å². The SMILES string of the molecule is CCCc1cccc([Si](OC(C)C(NC(=O)OC(C)(C)C)C(=O)OC)(c2ccccc2)C(C)(C)C)c1. The lowest BCUT2D eigenvalue weighted by molar-refractivity contribution is -0.145. The van der Waals surface area contributed by atoms with Crippen LogP contribution in [-0.2, 0) is 25.1 Å². The predicted octanol–water partition coefficient (Wildman–Crippen LogP) is 4.97. The van der Waals surface area contributed by atoms with E-state index in [0.717, 1.165) is 23.2 Å². The van der Waals surface area contributed by atoms with E-state index in [4.69, 9.17) is 13.9 Å². The molecule has 0 aliphatic heterocycles. The van der Waals surface area contributed by atoms with Crippen LogP contribution in [0.15, 0.2) is 54.6 Å². The molecule has 0 fully saturated rings. The molecule has 3 atom stereocenters. The first-order chi connectivity index (χ1) is 16.7. The highest BCUT2D eigenvalue weighted by Gasteiger charge is 2.52. The fraction of sp³-hybridized carbons (Fsp3) is 0.517. The van der Waals surface area contributed by atoms with Gasteiger partial charge in [0.05, 0.1) is 13.2 Å². The zero-order chi connectivity index (χ0) is 27.1. The van der Waals surface area contributed by atoms with Crippen molar-refractivity contribution >= 4 is 30.8 Å². The molecule has 0 aromatic heterocycles. The predicted molar refractivity (Wildman–Crippen MR) is 147 cm³/mol. The molecular weight excluding hydrogens is 470 g/mol. The fourth-order valence-electron chi connectivity index (χ4n) is 4.53. The van der Waals surface area contributed by atoms with Crippen LogP contribution in [0.2, 0.25) is 5.04 Å².